The first-order chi connectivity index (χ1) is 9.31. The van der Waals surface area contributed by atoms with Crippen LogP contribution in [0.25, 0.3) is 0 Å². The molecule has 2 unspecified atom stereocenters. The topological polar surface area (TPSA) is 26.0 Å². The molecule has 0 aromatic heterocycles. The van der Waals surface area contributed by atoms with Crippen LogP contribution in [0.3, 0.4) is 0 Å². The fourth-order valence-electron chi connectivity index (χ4n) is 4.51. The smallest absolute Gasteiger partial charge is 0.0252 e. The van der Waals surface area contributed by atoms with E-state index in [0.717, 1.165) is 5.92 Å². The van der Waals surface area contributed by atoms with Crippen LogP contribution in [0.4, 0.5) is 0 Å². The molecule has 2 N–H and O–H groups in total. The molecule has 2 atom stereocenters. The summed E-state index contributed by atoms with van der Waals surface area (Å²) < 4.78 is 0. The molecular weight excluding hydrogens is 230 g/mol. The van der Waals surface area contributed by atoms with Crippen molar-refractivity contribution in [3.8, 4) is 0 Å². The molecule has 0 radical (unpaired) electrons. The van der Waals surface area contributed by atoms with Crippen LogP contribution < -0.4 is 5.73 Å². The lowest BCUT2D eigenvalue weighted by molar-refractivity contribution is 0.129. The first kappa shape index (κ1) is 13.2. The molecule has 2 aliphatic rings. The van der Waals surface area contributed by atoms with Crippen molar-refractivity contribution >= 4 is 0 Å². The highest BCUT2D eigenvalue weighted by Crippen LogP contribution is 2.47. The summed E-state index contributed by atoms with van der Waals surface area (Å²) in [7, 11) is 0. The fraction of sp³-hybridized carbons (Fsp3) is 0.667. The SMILES string of the molecule is NC1(C2CCCCC2)CCCCC1c1ccccc1. The van der Waals surface area contributed by atoms with Crippen molar-refractivity contribution in [2.75, 3.05) is 0 Å². The van der Waals surface area contributed by atoms with Crippen LogP contribution in [-0.2, 0) is 0 Å². The van der Waals surface area contributed by atoms with Gasteiger partial charge in [0.25, 0.3) is 0 Å². The standard InChI is InChI=1S/C18H27N/c19-18(16-11-5-2-6-12-16)14-8-7-13-17(18)15-9-3-1-4-10-15/h1,3-4,9-10,16-17H,2,5-8,11-14,19H2. The van der Waals surface area contributed by atoms with E-state index < -0.39 is 0 Å². The van der Waals surface area contributed by atoms with Gasteiger partial charge in [-0.2, -0.15) is 0 Å². The van der Waals surface area contributed by atoms with Gasteiger partial charge in [-0.1, -0.05) is 62.4 Å². The highest BCUT2D eigenvalue weighted by molar-refractivity contribution is 5.25. The second-order valence-electron chi connectivity index (χ2n) is 6.66. The molecule has 0 bridgehead atoms. The van der Waals surface area contributed by atoms with Crippen molar-refractivity contribution in [2.24, 2.45) is 11.7 Å². The van der Waals surface area contributed by atoms with Crippen LogP contribution in [0, 0.1) is 5.92 Å². The number of benzene rings is 1. The summed E-state index contributed by atoms with van der Waals surface area (Å²) in [5, 5.41) is 0. The highest BCUT2D eigenvalue weighted by atomic mass is 14.8. The summed E-state index contributed by atoms with van der Waals surface area (Å²) >= 11 is 0. The van der Waals surface area contributed by atoms with E-state index in [1.807, 2.05) is 0 Å². The molecule has 2 fully saturated rings. The molecule has 104 valence electrons. The van der Waals surface area contributed by atoms with E-state index in [4.69, 9.17) is 5.73 Å². The van der Waals surface area contributed by atoms with Gasteiger partial charge >= 0.3 is 0 Å². The van der Waals surface area contributed by atoms with Gasteiger partial charge in [0.1, 0.15) is 0 Å². The first-order valence-corrected chi connectivity index (χ1v) is 8.14. The van der Waals surface area contributed by atoms with E-state index in [0.29, 0.717) is 5.92 Å². The molecule has 2 aliphatic carbocycles. The Morgan fingerprint density at radius 1 is 0.842 bits per heavy atom. The van der Waals surface area contributed by atoms with Crippen LogP contribution in [-0.4, -0.2) is 5.54 Å². The highest BCUT2D eigenvalue weighted by Gasteiger charge is 2.43. The quantitative estimate of drug-likeness (QED) is 0.822. The Balaban J connectivity index is 1.87. The minimum Gasteiger partial charge on any atom is -0.324 e. The van der Waals surface area contributed by atoms with Gasteiger partial charge in [0.2, 0.25) is 0 Å². The van der Waals surface area contributed by atoms with Crippen LogP contribution in [0.5, 0.6) is 0 Å². The summed E-state index contributed by atoms with van der Waals surface area (Å²) in [4.78, 5) is 0. The van der Waals surface area contributed by atoms with E-state index >= 15 is 0 Å². The molecule has 0 spiro atoms. The fourth-order valence-corrected chi connectivity index (χ4v) is 4.51. The second-order valence-corrected chi connectivity index (χ2v) is 6.66. The van der Waals surface area contributed by atoms with Crippen molar-refractivity contribution in [1.29, 1.82) is 0 Å². The molecule has 0 saturated heterocycles. The van der Waals surface area contributed by atoms with E-state index in [2.05, 4.69) is 30.3 Å². The van der Waals surface area contributed by atoms with Gasteiger partial charge in [-0.25, -0.2) is 0 Å². The number of rotatable bonds is 2. The average molecular weight is 257 g/mol. The minimum atomic E-state index is 0.0695. The summed E-state index contributed by atoms with van der Waals surface area (Å²) in [5.74, 6) is 1.34. The van der Waals surface area contributed by atoms with E-state index in [1.54, 1.807) is 0 Å². The van der Waals surface area contributed by atoms with Crippen molar-refractivity contribution in [2.45, 2.75) is 69.2 Å². The first-order valence-electron chi connectivity index (χ1n) is 8.14. The number of hydrogen-bond acceptors (Lipinski definition) is 1. The molecule has 1 heteroatoms. The number of hydrogen-bond donors (Lipinski definition) is 1. The van der Waals surface area contributed by atoms with Crippen molar-refractivity contribution in [1.82, 2.24) is 0 Å². The van der Waals surface area contributed by atoms with Gasteiger partial charge in [0.15, 0.2) is 0 Å². The lowest BCUT2D eigenvalue weighted by Gasteiger charge is -2.48. The van der Waals surface area contributed by atoms with Crippen molar-refractivity contribution in [3.05, 3.63) is 35.9 Å². The Bertz CT molecular complexity index is 393. The Hall–Kier alpha value is -0.820. The maximum absolute atomic E-state index is 7.01. The molecule has 1 aromatic rings. The van der Waals surface area contributed by atoms with Gasteiger partial charge in [-0.05, 0) is 37.2 Å². The van der Waals surface area contributed by atoms with Crippen LogP contribution in [0.1, 0.15) is 69.3 Å². The molecule has 0 aliphatic heterocycles. The summed E-state index contributed by atoms with van der Waals surface area (Å²) in [6.07, 6.45) is 12.1. The van der Waals surface area contributed by atoms with Gasteiger partial charge in [0.05, 0.1) is 0 Å². The van der Waals surface area contributed by atoms with Gasteiger partial charge < -0.3 is 5.73 Å². The third-order valence-electron chi connectivity index (χ3n) is 5.57. The van der Waals surface area contributed by atoms with Gasteiger partial charge in [-0.15, -0.1) is 0 Å². The lowest BCUT2D eigenvalue weighted by atomic mass is 9.61. The van der Waals surface area contributed by atoms with E-state index in [1.165, 1.54) is 63.4 Å². The minimum absolute atomic E-state index is 0.0695. The molecular formula is C18H27N. The zero-order valence-corrected chi connectivity index (χ0v) is 12.0. The third kappa shape index (κ3) is 2.58. The van der Waals surface area contributed by atoms with Crippen LogP contribution in [0.15, 0.2) is 30.3 Å². The molecule has 3 rings (SSSR count). The largest absolute Gasteiger partial charge is 0.324 e. The Labute approximate surface area is 117 Å². The molecule has 19 heavy (non-hydrogen) atoms. The summed E-state index contributed by atoms with van der Waals surface area (Å²) in [6, 6.07) is 11.0. The molecule has 0 heterocycles. The maximum Gasteiger partial charge on any atom is 0.0252 e. The van der Waals surface area contributed by atoms with E-state index in [-0.39, 0.29) is 5.54 Å². The van der Waals surface area contributed by atoms with Crippen LogP contribution in [0.2, 0.25) is 0 Å². The summed E-state index contributed by atoms with van der Waals surface area (Å²) in [5.41, 5.74) is 8.56. The molecule has 1 aromatic carbocycles. The zero-order chi connectivity index (χ0) is 13.1. The molecule has 2 saturated carbocycles. The van der Waals surface area contributed by atoms with Crippen LogP contribution >= 0.6 is 0 Å². The Morgan fingerprint density at radius 3 is 2.26 bits per heavy atom. The normalized spacial score (nSPS) is 33.2. The third-order valence-corrected chi connectivity index (χ3v) is 5.57. The Morgan fingerprint density at radius 2 is 1.53 bits per heavy atom. The zero-order valence-electron chi connectivity index (χ0n) is 12.0. The van der Waals surface area contributed by atoms with Crippen molar-refractivity contribution < 1.29 is 0 Å². The second kappa shape index (κ2) is 5.66. The molecule has 1 nitrogen and oxygen atoms in total. The molecule has 0 amide bonds. The predicted octanol–water partition coefficient (Wildman–Crippen LogP) is 4.62. The van der Waals surface area contributed by atoms with Gasteiger partial charge in [0, 0.05) is 11.5 Å². The summed E-state index contributed by atoms with van der Waals surface area (Å²) in [6.45, 7) is 0. The Kier molecular flexibility index (Phi) is 3.93. The lowest BCUT2D eigenvalue weighted by Crippen LogP contribution is -2.54. The number of nitrogens with two attached hydrogens (primary N) is 1. The monoisotopic (exact) mass is 257 g/mol. The van der Waals surface area contributed by atoms with E-state index in [9.17, 15) is 0 Å². The van der Waals surface area contributed by atoms with Gasteiger partial charge in [-0.3, -0.25) is 0 Å². The maximum atomic E-state index is 7.01. The predicted molar refractivity (Wildman–Crippen MR) is 81.1 cm³/mol. The average Bonchev–Trinajstić information content (AvgIpc) is 2.49. The van der Waals surface area contributed by atoms with Crippen molar-refractivity contribution in [3.63, 3.8) is 0 Å².